The third-order valence-electron chi connectivity index (χ3n) is 3.82. The molecule has 0 saturated carbocycles. The first-order valence-corrected chi connectivity index (χ1v) is 8.07. The Morgan fingerprint density at radius 1 is 1.18 bits per heavy atom. The largest absolute Gasteiger partial charge is 0.353 e. The van der Waals surface area contributed by atoms with Gasteiger partial charge in [-0.2, -0.15) is 0 Å². The quantitative estimate of drug-likeness (QED) is 0.698. The Morgan fingerprint density at radius 3 is 2.36 bits per heavy atom. The summed E-state index contributed by atoms with van der Waals surface area (Å²) in [7, 11) is 0. The molecule has 0 aliphatic rings. The van der Waals surface area contributed by atoms with E-state index < -0.39 is 0 Å². The molecule has 22 heavy (non-hydrogen) atoms. The second-order valence-corrected chi connectivity index (χ2v) is 5.79. The zero-order valence-electron chi connectivity index (χ0n) is 13.7. The molecule has 0 bridgehead atoms. The van der Waals surface area contributed by atoms with Crippen molar-refractivity contribution in [2.45, 2.75) is 58.9 Å². The minimum Gasteiger partial charge on any atom is -0.353 e. The van der Waals surface area contributed by atoms with E-state index in [0.29, 0.717) is 5.56 Å². The van der Waals surface area contributed by atoms with Crippen LogP contribution in [0.3, 0.4) is 0 Å². The number of hydrogen-bond acceptors (Lipinski definition) is 2. The smallest absolute Gasteiger partial charge is 0.223 e. The number of benzene rings is 1. The van der Waals surface area contributed by atoms with Crippen molar-refractivity contribution in [1.29, 1.82) is 0 Å². The van der Waals surface area contributed by atoms with Gasteiger partial charge in [-0.15, -0.1) is 0 Å². The third-order valence-corrected chi connectivity index (χ3v) is 3.82. The van der Waals surface area contributed by atoms with Gasteiger partial charge >= 0.3 is 0 Å². The third kappa shape index (κ3) is 5.96. The lowest BCUT2D eigenvalue weighted by Crippen LogP contribution is -2.38. The highest BCUT2D eigenvalue weighted by Crippen LogP contribution is 2.14. The molecule has 1 N–H and O–H groups in total. The summed E-state index contributed by atoms with van der Waals surface area (Å²) in [6.45, 7) is 5.94. The first-order chi connectivity index (χ1) is 10.5. The molecule has 1 amide bonds. The Labute approximate surface area is 132 Å². The van der Waals surface area contributed by atoms with Crippen LogP contribution in [-0.4, -0.2) is 17.7 Å². The molecule has 0 fully saturated rings. The van der Waals surface area contributed by atoms with E-state index >= 15 is 0 Å². The van der Waals surface area contributed by atoms with Crippen LogP contribution >= 0.6 is 0 Å². The number of halogens is 1. The van der Waals surface area contributed by atoms with Crippen molar-refractivity contribution in [3.8, 4) is 0 Å². The van der Waals surface area contributed by atoms with Crippen LogP contribution in [0, 0.1) is 11.7 Å². The van der Waals surface area contributed by atoms with Gasteiger partial charge in [0.1, 0.15) is 5.82 Å². The Bertz CT molecular complexity index is 484. The number of carbonyl (C=O) groups is 2. The zero-order valence-corrected chi connectivity index (χ0v) is 13.7. The van der Waals surface area contributed by atoms with Crippen LogP contribution < -0.4 is 5.32 Å². The molecule has 0 heterocycles. The fraction of sp³-hybridized carbons (Fsp3) is 0.556. The maximum absolute atomic E-state index is 12.8. The van der Waals surface area contributed by atoms with Crippen molar-refractivity contribution in [2.24, 2.45) is 5.92 Å². The van der Waals surface area contributed by atoms with Crippen molar-refractivity contribution >= 4 is 11.7 Å². The number of rotatable bonds is 9. The van der Waals surface area contributed by atoms with Gasteiger partial charge in [0.15, 0.2) is 5.78 Å². The van der Waals surface area contributed by atoms with Crippen molar-refractivity contribution in [1.82, 2.24) is 5.32 Å². The highest BCUT2D eigenvalue weighted by atomic mass is 19.1. The van der Waals surface area contributed by atoms with E-state index in [2.05, 4.69) is 12.2 Å². The van der Waals surface area contributed by atoms with E-state index in [1.165, 1.54) is 24.3 Å². The number of carbonyl (C=O) groups excluding carboxylic acids is 2. The highest BCUT2D eigenvalue weighted by molar-refractivity contribution is 5.96. The molecule has 2 atom stereocenters. The summed E-state index contributed by atoms with van der Waals surface area (Å²) in [5.74, 6) is -0.410. The van der Waals surface area contributed by atoms with Gasteiger partial charge in [0.25, 0.3) is 0 Å². The maximum atomic E-state index is 12.8. The first kappa shape index (κ1) is 18.3. The second-order valence-electron chi connectivity index (χ2n) is 5.79. The average molecular weight is 307 g/mol. The van der Waals surface area contributed by atoms with Crippen molar-refractivity contribution in [3.05, 3.63) is 35.6 Å². The first-order valence-electron chi connectivity index (χ1n) is 8.07. The predicted molar refractivity (Wildman–Crippen MR) is 86.3 cm³/mol. The van der Waals surface area contributed by atoms with Gasteiger partial charge in [0, 0.05) is 23.9 Å². The van der Waals surface area contributed by atoms with Gasteiger partial charge < -0.3 is 5.32 Å². The molecule has 1 aromatic rings. The van der Waals surface area contributed by atoms with Crippen molar-refractivity contribution < 1.29 is 14.0 Å². The highest BCUT2D eigenvalue weighted by Gasteiger charge is 2.19. The van der Waals surface area contributed by atoms with Gasteiger partial charge in [-0.05, 0) is 44.0 Å². The van der Waals surface area contributed by atoms with E-state index in [9.17, 15) is 14.0 Å². The molecule has 1 rings (SSSR count). The summed E-state index contributed by atoms with van der Waals surface area (Å²) < 4.78 is 12.8. The Morgan fingerprint density at radius 2 is 1.82 bits per heavy atom. The summed E-state index contributed by atoms with van der Waals surface area (Å²) >= 11 is 0. The molecule has 0 aliphatic heterocycles. The number of amides is 1. The summed E-state index contributed by atoms with van der Waals surface area (Å²) in [5.41, 5.74) is 0.473. The molecule has 3 nitrogen and oxygen atoms in total. The molecule has 0 aromatic heterocycles. The molecule has 0 unspecified atom stereocenters. The van der Waals surface area contributed by atoms with E-state index in [4.69, 9.17) is 0 Å². The number of Topliss-reactive ketones (excluding diaryl/α,β-unsaturated/α-hetero) is 1. The lowest BCUT2D eigenvalue weighted by atomic mass is 9.97. The molecule has 122 valence electrons. The maximum Gasteiger partial charge on any atom is 0.223 e. The van der Waals surface area contributed by atoms with Crippen LogP contribution in [0.15, 0.2) is 24.3 Å². The molecule has 0 radical (unpaired) electrons. The summed E-state index contributed by atoms with van der Waals surface area (Å²) in [6.07, 6.45) is 4.03. The second kappa shape index (κ2) is 9.34. The van der Waals surface area contributed by atoms with E-state index in [1.807, 2.05) is 13.8 Å². The minimum absolute atomic E-state index is 0.0170. The van der Waals surface area contributed by atoms with Crippen LogP contribution in [0.2, 0.25) is 0 Å². The Hall–Kier alpha value is -1.71. The van der Waals surface area contributed by atoms with Gasteiger partial charge in [0.2, 0.25) is 5.91 Å². The summed E-state index contributed by atoms with van der Waals surface area (Å²) in [4.78, 5) is 24.3. The number of nitrogens with one attached hydrogen (secondary N) is 1. The molecule has 1 aromatic carbocycles. The topological polar surface area (TPSA) is 46.2 Å². The van der Waals surface area contributed by atoms with Gasteiger partial charge in [-0.1, -0.05) is 26.7 Å². The SMILES string of the molecule is CCCC[C@H](CC)C(=O)N[C@@H](C)CC(=O)c1ccc(F)cc1. The van der Waals surface area contributed by atoms with Crippen molar-refractivity contribution in [3.63, 3.8) is 0 Å². The Balaban J connectivity index is 2.50. The summed E-state index contributed by atoms with van der Waals surface area (Å²) in [6, 6.07) is 5.27. The van der Waals surface area contributed by atoms with Gasteiger partial charge in [0.05, 0.1) is 0 Å². The average Bonchev–Trinajstić information content (AvgIpc) is 2.48. The standard InChI is InChI=1S/C18H26FNO2/c1-4-6-7-14(5-2)18(22)20-13(3)12-17(21)15-8-10-16(19)11-9-15/h8-11,13-14H,4-7,12H2,1-3H3,(H,20,22)/t13-,14-/m0/s1. The van der Waals surface area contributed by atoms with E-state index in [-0.39, 0.29) is 35.9 Å². The fourth-order valence-electron chi connectivity index (χ4n) is 2.41. The number of ketones is 1. The molecule has 4 heteroatoms. The Kier molecular flexibility index (Phi) is 7.78. The van der Waals surface area contributed by atoms with Crippen LogP contribution in [0.1, 0.15) is 63.2 Å². The van der Waals surface area contributed by atoms with E-state index in [1.54, 1.807) is 0 Å². The number of hydrogen-bond donors (Lipinski definition) is 1. The normalized spacial score (nSPS) is 13.5. The monoisotopic (exact) mass is 307 g/mol. The zero-order chi connectivity index (χ0) is 16.5. The van der Waals surface area contributed by atoms with Gasteiger partial charge in [-0.3, -0.25) is 9.59 Å². The fourth-order valence-corrected chi connectivity index (χ4v) is 2.41. The van der Waals surface area contributed by atoms with Crippen LogP contribution in [0.4, 0.5) is 4.39 Å². The molecule has 0 saturated heterocycles. The number of unbranched alkanes of at least 4 members (excludes halogenated alkanes) is 1. The van der Waals surface area contributed by atoms with Crippen molar-refractivity contribution in [2.75, 3.05) is 0 Å². The molecule has 0 aliphatic carbocycles. The molecular weight excluding hydrogens is 281 g/mol. The van der Waals surface area contributed by atoms with Crippen LogP contribution in [-0.2, 0) is 4.79 Å². The minimum atomic E-state index is -0.361. The summed E-state index contributed by atoms with van der Waals surface area (Å²) in [5, 5.41) is 2.92. The lowest BCUT2D eigenvalue weighted by molar-refractivity contribution is -0.125. The molecular formula is C18H26FNO2. The molecule has 0 spiro atoms. The lowest BCUT2D eigenvalue weighted by Gasteiger charge is -2.19. The van der Waals surface area contributed by atoms with E-state index in [0.717, 1.165) is 25.7 Å². The van der Waals surface area contributed by atoms with Crippen LogP contribution in [0.5, 0.6) is 0 Å². The van der Waals surface area contributed by atoms with Gasteiger partial charge in [-0.25, -0.2) is 4.39 Å². The van der Waals surface area contributed by atoms with Crippen LogP contribution in [0.25, 0.3) is 0 Å². The predicted octanol–water partition coefficient (Wildman–Crippen LogP) is 4.12.